The third-order valence-corrected chi connectivity index (χ3v) is 5.33. The first-order valence-corrected chi connectivity index (χ1v) is 9.20. The molecule has 1 amide bonds. The minimum atomic E-state index is -0.166. The van der Waals surface area contributed by atoms with Crippen molar-refractivity contribution in [2.75, 3.05) is 10.2 Å². The second-order valence-corrected chi connectivity index (χ2v) is 7.03. The molecular weight excluding hydrogens is 340 g/mol. The van der Waals surface area contributed by atoms with Crippen molar-refractivity contribution in [2.24, 2.45) is 0 Å². The Kier molecular flexibility index (Phi) is 4.44. The number of allylic oxidation sites excluding steroid dienone is 3. The first kappa shape index (κ1) is 17.3. The number of ketones is 1. The molecule has 0 unspecified atom stereocenters. The van der Waals surface area contributed by atoms with Gasteiger partial charge in [0.25, 0.3) is 5.91 Å². The summed E-state index contributed by atoms with van der Waals surface area (Å²) in [7, 11) is 0. The van der Waals surface area contributed by atoms with E-state index in [1.807, 2.05) is 49.1 Å². The zero-order valence-electron chi connectivity index (χ0n) is 15.5. The number of para-hydroxylation sites is 1. The first-order valence-electron chi connectivity index (χ1n) is 9.20. The fourth-order valence-corrected chi connectivity index (χ4v) is 3.86. The predicted molar refractivity (Wildman–Crippen MR) is 104 cm³/mol. The van der Waals surface area contributed by atoms with Crippen LogP contribution >= 0.6 is 0 Å². The molecule has 4 rings (SSSR count). The van der Waals surface area contributed by atoms with Gasteiger partial charge in [-0.25, -0.2) is 0 Å². The molecule has 1 aromatic carbocycles. The van der Waals surface area contributed by atoms with Gasteiger partial charge in [-0.1, -0.05) is 18.2 Å². The second kappa shape index (κ2) is 6.91. The van der Waals surface area contributed by atoms with Crippen LogP contribution in [0.4, 0.5) is 11.4 Å². The van der Waals surface area contributed by atoms with E-state index in [4.69, 9.17) is 4.42 Å². The van der Waals surface area contributed by atoms with Gasteiger partial charge in [0.05, 0.1) is 12.0 Å². The van der Waals surface area contributed by atoms with Gasteiger partial charge >= 0.3 is 0 Å². The molecule has 0 atom stereocenters. The predicted octanol–water partition coefficient (Wildman–Crippen LogP) is 4.72. The van der Waals surface area contributed by atoms with Crippen molar-refractivity contribution in [3.8, 4) is 0 Å². The van der Waals surface area contributed by atoms with E-state index in [1.54, 1.807) is 12.5 Å². The Balaban J connectivity index is 1.74. The van der Waals surface area contributed by atoms with E-state index in [-0.39, 0.29) is 11.7 Å². The summed E-state index contributed by atoms with van der Waals surface area (Å²) in [5.74, 6) is -0.0290. The molecule has 0 saturated carbocycles. The van der Waals surface area contributed by atoms with E-state index in [9.17, 15) is 9.59 Å². The molecule has 1 aromatic heterocycles. The molecule has 0 spiro atoms. The molecule has 5 heteroatoms. The van der Waals surface area contributed by atoms with Gasteiger partial charge in [-0.3, -0.25) is 9.59 Å². The van der Waals surface area contributed by atoms with Crippen molar-refractivity contribution >= 4 is 23.1 Å². The number of amides is 1. The molecule has 5 nitrogen and oxygen atoms in total. The van der Waals surface area contributed by atoms with Crippen molar-refractivity contribution in [3.63, 3.8) is 0 Å². The van der Waals surface area contributed by atoms with Gasteiger partial charge in [-0.15, -0.1) is 0 Å². The van der Waals surface area contributed by atoms with Gasteiger partial charge in [-0.05, 0) is 38.3 Å². The fraction of sp³-hybridized carbons (Fsp3) is 0.273. The SMILES string of the molecule is CC1=C(C(=O)Nc2ccccc2C)CC2=C(CCCC2=O)N1c1ccoc1. The molecular formula is C22H22N2O3. The molecule has 1 aliphatic carbocycles. The van der Waals surface area contributed by atoms with Gasteiger partial charge < -0.3 is 14.6 Å². The Bertz CT molecular complexity index is 967. The summed E-state index contributed by atoms with van der Waals surface area (Å²) < 4.78 is 5.26. The fourth-order valence-electron chi connectivity index (χ4n) is 3.86. The lowest BCUT2D eigenvalue weighted by molar-refractivity contribution is -0.116. The first-order chi connectivity index (χ1) is 13.1. The second-order valence-electron chi connectivity index (χ2n) is 7.03. The van der Waals surface area contributed by atoms with Crippen molar-refractivity contribution in [1.82, 2.24) is 0 Å². The molecule has 0 saturated heterocycles. The number of rotatable bonds is 3. The number of Topliss-reactive ketones (excluding diaryl/α,β-unsaturated/α-hetero) is 1. The smallest absolute Gasteiger partial charge is 0.253 e. The number of nitrogens with one attached hydrogen (secondary N) is 1. The van der Waals surface area contributed by atoms with Crippen molar-refractivity contribution < 1.29 is 14.0 Å². The summed E-state index contributed by atoms with van der Waals surface area (Å²) in [4.78, 5) is 27.6. The van der Waals surface area contributed by atoms with Crippen molar-refractivity contribution in [1.29, 1.82) is 0 Å². The molecule has 2 heterocycles. The largest absolute Gasteiger partial charge is 0.470 e. The molecule has 27 heavy (non-hydrogen) atoms. The Hall–Kier alpha value is -3.08. The zero-order chi connectivity index (χ0) is 19.0. The third-order valence-electron chi connectivity index (χ3n) is 5.33. The van der Waals surface area contributed by atoms with E-state index < -0.39 is 0 Å². The number of hydrogen-bond acceptors (Lipinski definition) is 4. The normalized spacial score (nSPS) is 17.3. The maximum atomic E-state index is 13.1. The van der Waals surface area contributed by atoms with Gasteiger partial charge in [-0.2, -0.15) is 0 Å². The number of carbonyl (C=O) groups is 2. The number of anilines is 2. The summed E-state index contributed by atoms with van der Waals surface area (Å²) in [6, 6.07) is 9.54. The molecule has 1 aliphatic heterocycles. The lowest BCUT2D eigenvalue weighted by Gasteiger charge is -2.36. The number of hydrogen-bond donors (Lipinski definition) is 1. The summed E-state index contributed by atoms with van der Waals surface area (Å²) in [5, 5.41) is 3.01. The van der Waals surface area contributed by atoms with Gasteiger partial charge in [0, 0.05) is 47.1 Å². The van der Waals surface area contributed by atoms with E-state index in [2.05, 4.69) is 5.32 Å². The van der Waals surface area contributed by atoms with Gasteiger partial charge in [0.2, 0.25) is 0 Å². The third kappa shape index (κ3) is 3.10. The summed E-state index contributed by atoms with van der Waals surface area (Å²) >= 11 is 0. The Morgan fingerprint density at radius 2 is 1.96 bits per heavy atom. The van der Waals surface area contributed by atoms with Crippen LogP contribution in [-0.4, -0.2) is 11.7 Å². The van der Waals surface area contributed by atoms with Crippen molar-refractivity contribution in [2.45, 2.75) is 39.5 Å². The minimum Gasteiger partial charge on any atom is -0.470 e. The van der Waals surface area contributed by atoms with E-state index in [0.29, 0.717) is 18.4 Å². The van der Waals surface area contributed by atoms with Crippen LogP contribution in [0.3, 0.4) is 0 Å². The van der Waals surface area contributed by atoms with Crippen LogP contribution in [0, 0.1) is 6.92 Å². The molecule has 0 bridgehead atoms. The zero-order valence-corrected chi connectivity index (χ0v) is 15.5. The van der Waals surface area contributed by atoms with Crippen LogP contribution in [0.1, 0.15) is 38.2 Å². The van der Waals surface area contributed by atoms with Crippen molar-refractivity contribution in [3.05, 3.63) is 71.0 Å². The molecule has 0 fully saturated rings. The molecule has 2 aromatic rings. The lowest BCUT2D eigenvalue weighted by atomic mass is 9.85. The van der Waals surface area contributed by atoms with Crippen LogP contribution < -0.4 is 10.2 Å². The van der Waals surface area contributed by atoms with E-state index in [0.717, 1.165) is 46.7 Å². The Morgan fingerprint density at radius 3 is 2.70 bits per heavy atom. The molecule has 2 aliphatic rings. The number of furan rings is 1. The van der Waals surface area contributed by atoms with Gasteiger partial charge in [0.1, 0.15) is 6.26 Å². The van der Waals surface area contributed by atoms with Crippen LogP contribution in [-0.2, 0) is 9.59 Å². The number of carbonyl (C=O) groups excluding carboxylic acids is 2. The van der Waals surface area contributed by atoms with Crippen LogP contribution in [0.25, 0.3) is 0 Å². The Labute approximate surface area is 158 Å². The van der Waals surface area contributed by atoms with Gasteiger partial charge in [0.15, 0.2) is 5.78 Å². The highest BCUT2D eigenvalue weighted by molar-refractivity contribution is 6.08. The average molecular weight is 362 g/mol. The molecule has 1 N–H and O–H groups in total. The van der Waals surface area contributed by atoms with E-state index >= 15 is 0 Å². The molecule has 138 valence electrons. The highest BCUT2D eigenvalue weighted by atomic mass is 16.3. The summed E-state index contributed by atoms with van der Waals surface area (Å²) in [6.45, 7) is 3.89. The van der Waals surface area contributed by atoms with Crippen LogP contribution in [0.5, 0.6) is 0 Å². The highest BCUT2D eigenvalue weighted by Gasteiger charge is 2.34. The minimum absolute atomic E-state index is 0.137. The topological polar surface area (TPSA) is 62.6 Å². The molecule has 0 radical (unpaired) electrons. The number of nitrogens with zero attached hydrogens (tertiary/aromatic N) is 1. The quantitative estimate of drug-likeness (QED) is 0.858. The van der Waals surface area contributed by atoms with E-state index in [1.165, 1.54) is 0 Å². The maximum absolute atomic E-state index is 13.1. The average Bonchev–Trinajstić information content (AvgIpc) is 3.17. The highest BCUT2D eigenvalue weighted by Crippen LogP contribution is 2.40. The van der Waals surface area contributed by atoms with Crippen LogP contribution in [0.15, 0.2) is 69.8 Å². The maximum Gasteiger partial charge on any atom is 0.253 e. The number of benzene rings is 1. The van der Waals surface area contributed by atoms with Crippen LogP contribution in [0.2, 0.25) is 0 Å². The summed E-state index contributed by atoms with van der Waals surface area (Å²) in [6.07, 6.45) is 5.85. The summed E-state index contributed by atoms with van der Waals surface area (Å²) in [5.41, 5.74) is 5.84. The standard InChI is InChI=1S/C22H22N2O3/c1-14-6-3-4-7-19(14)23-22(26)17-12-18-20(8-5-9-21(18)25)24(15(17)2)16-10-11-27-13-16/h3-4,6-7,10-11,13H,5,8-9,12H2,1-2H3,(H,23,26). The lowest BCUT2D eigenvalue weighted by Crippen LogP contribution is -2.34. The number of aryl methyl sites for hydroxylation is 1. The monoisotopic (exact) mass is 362 g/mol. The Morgan fingerprint density at radius 1 is 1.15 bits per heavy atom.